The highest BCUT2D eigenvalue weighted by Gasteiger charge is 2.23. The molecule has 0 aliphatic carbocycles. The molecule has 1 atom stereocenters. The van der Waals surface area contributed by atoms with Crippen LogP contribution in [0.2, 0.25) is 0 Å². The normalized spacial score (nSPS) is 16.4. The molecule has 0 bridgehead atoms. The molecule has 0 saturated carbocycles. The molecule has 5 nitrogen and oxygen atoms in total. The molecule has 1 aromatic heterocycles. The standard InChI is InChI=1S/C19H17FN2O3/c20-14-5-7-15(8-6-14)24-12-18-21-19(25-22-18)11-17-16-4-2-1-3-13(16)9-10-23-17/h1-8,17H,9-12H2. The SMILES string of the molecule is Fc1ccc(OCc2noc(CC3OCCc4ccccc43)n2)cc1. The quantitative estimate of drug-likeness (QED) is 0.710. The van der Waals surface area contributed by atoms with Crippen LogP contribution in [0.15, 0.2) is 53.1 Å². The Morgan fingerprint density at radius 2 is 1.96 bits per heavy atom. The molecule has 2 aromatic carbocycles. The average Bonchev–Trinajstić information content (AvgIpc) is 3.09. The van der Waals surface area contributed by atoms with Crippen molar-refractivity contribution in [2.75, 3.05) is 6.61 Å². The van der Waals surface area contributed by atoms with Gasteiger partial charge in [-0.05, 0) is 41.8 Å². The lowest BCUT2D eigenvalue weighted by atomic mass is 9.96. The molecule has 128 valence electrons. The molecule has 2 heterocycles. The zero-order chi connectivity index (χ0) is 17.1. The molecule has 3 aromatic rings. The third-order valence-electron chi connectivity index (χ3n) is 4.14. The van der Waals surface area contributed by atoms with Gasteiger partial charge in [-0.1, -0.05) is 29.4 Å². The van der Waals surface area contributed by atoms with E-state index in [9.17, 15) is 4.39 Å². The zero-order valence-electron chi connectivity index (χ0n) is 13.5. The lowest BCUT2D eigenvalue weighted by Crippen LogP contribution is -2.18. The zero-order valence-corrected chi connectivity index (χ0v) is 13.5. The Morgan fingerprint density at radius 1 is 1.12 bits per heavy atom. The predicted molar refractivity (Wildman–Crippen MR) is 87.6 cm³/mol. The van der Waals surface area contributed by atoms with Crippen LogP contribution in [0.5, 0.6) is 5.75 Å². The summed E-state index contributed by atoms with van der Waals surface area (Å²) in [7, 11) is 0. The molecule has 1 aliphatic rings. The van der Waals surface area contributed by atoms with Crippen LogP contribution in [0.4, 0.5) is 4.39 Å². The number of fused-ring (bicyclic) bond motifs is 1. The first kappa shape index (κ1) is 15.8. The van der Waals surface area contributed by atoms with E-state index in [1.165, 1.54) is 23.3 Å². The lowest BCUT2D eigenvalue weighted by molar-refractivity contribution is 0.0375. The highest BCUT2D eigenvalue weighted by molar-refractivity contribution is 5.31. The Morgan fingerprint density at radius 3 is 2.84 bits per heavy atom. The molecule has 0 radical (unpaired) electrons. The van der Waals surface area contributed by atoms with Crippen LogP contribution in [0.3, 0.4) is 0 Å². The smallest absolute Gasteiger partial charge is 0.229 e. The van der Waals surface area contributed by atoms with Crippen molar-refractivity contribution in [3.63, 3.8) is 0 Å². The van der Waals surface area contributed by atoms with Gasteiger partial charge in [-0.25, -0.2) is 4.39 Å². The maximum Gasteiger partial charge on any atom is 0.229 e. The summed E-state index contributed by atoms with van der Waals surface area (Å²) in [6.07, 6.45) is 1.38. The van der Waals surface area contributed by atoms with Gasteiger partial charge in [0.2, 0.25) is 11.7 Å². The van der Waals surface area contributed by atoms with Gasteiger partial charge in [-0.15, -0.1) is 0 Å². The van der Waals surface area contributed by atoms with Crippen LogP contribution in [-0.4, -0.2) is 16.7 Å². The first-order chi connectivity index (χ1) is 12.3. The largest absolute Gasteiger partial charge is 0.485 e. The maximum absolute atomic E-state index is 12.9. The van der Waals surface area contributed by atoms with Gasteiger partial charge < -0.3 is 14.0 Å². The van der Waals surface area contributed by atoms with Crippen LogP contribution in [-0.2, 0) is 24.2 Å². The van der Waals surface area contributed by atoms with Gasteiger partial charge >= 0.3 is 0 Å². The summed E-state index contributed by atoms with van der Waals surface area (Å²) < 4.78 is 29.6. The number of benzene rings is 2. The van der Waals surface area contributed by atoms with Gasteiger partial charge in [-0.3, -0.25) is 0 Å². The minimum absolute atomic E-state index is 0.0729. The fourth-order valence-electron chi connectivity index (χ4n) is 2.91. The second-order valence-electron chi connectivity index (χ2n) is 5.86. The van der Waals surface area contributed by atoms with Gasteiger partial charge in [-0.2, -0.15) is 4.98 Å². The van der Waals surface area contributed by atoms with Gasteiger partial charge in [0.1, 0.15) is 11.6 Å². The molecule has 6 heteroatoms. The van der Waals surface area contributed by atoms with Crippen molar-refractivity contribution in [1.82, 2.24) is 10.1 Å². The first-order valence-corrected chi connectivity index (χ1v) is 8.17. The molecule has 1 aliphatic heterocycles. The minimum atomic E-state index is -0.304. The van der Waals surface area contributed by atoms with E-state index >= 15 is 0 Å². The molecular weight excluding hydrogens is 323 g/mol. The van der Waals surface area contributed by atoms with Crippen molar-refractivity contribution < 1.29 is 18.4 Å². The van der Waals surface area contributed by atoms with Gasteiger partial charge in [0.15, 0.2) is 6.61 Å². The van der Waals surface area contributed by atoms with Crippen LogP contribution in [0.25, 0.3) is 0 Å². The van der Waals surface area contributed by atoms with Crippen LogP contribution < -0.4 is 4.74 Å². The van der Waals surface area contributed by atoms with Crippen molar-refractivity contribution in [1.29, 1.82) is 0 Å². The summed E-state index contributed by atoms with van der Waals surface area (Å²) >= 11 is 0. The monoisotopic (exact) mass is 340 g/mol. The predicted octanol–water partition coefficient (Wildman–Crippen LogP) is 3.64. The van der Waals surface area contributed by atoms with E-state index in [-0.39, 0.29) is 18.5 Å². The number of halogens is 1. The molecule has 0 spiro atoms. The molecule has 0 amide bonds. The van der Waals surface area contributed by atoms with E-state index in [2.05, 4.69) is 22.3 Å². The van der Waals surface area contributed by atoms with Crippen LogP contribution in [0.1, 0.15) is 28.9 Å². The van der Waals surface area contributed by atoms with Crippen LogP contribution in [0, 0.1) is 5.82 Å². The summed E-state index contributed by atoms with van der Waals surface area (Å²) in [5, 5.41) is 3.93. The number of ether oxygens (including phenoxy) is 2. The Balaban J connectivity index is 1.39. The molecule has 0 N–H and O–H groups in total. The summed E-state index contributed by atoms with van der Waals surface area (Å²) in [6, 6.07) is 14.1. The highest BCUT2D eigenvalue weighted by Crippen LogP contribution is 2.29. The van der Waals surface area contributed by atoms with E-state index in [0.29, 0.717) is 30.5 Å². The average molecular weight is 340 g/mol. The number of aromatic nitrogens is 2. The van der Waals surface area contributed by atoms with Crippen molar-refractivity contribution >= 4 is 0 Å². The topological polar surface area (TPSA) is 57.4 Å². The highest BCUT2D eigenvalue weighted by atomic mass is 19.1. The number of rotatable bonds is 5. The number of nitrogens with zero attached hydrogens (tertiary/aromatic N) is 2. The first-order valence-electron chi connectivity index (χ1n) is 8.17. The lowest BCUT2D eigenvalue weighted by Gasteiger charge is -2.24. The van der Waals surface area contributed by atoms with E-state index in [0.717, 1.165) is 6.42 Å². The third-order valence-corrected chi connectivity index (χ3v) is 4.14. The second kappa shape index (κ2) is 7.03. The molecular formula is C19H17FN2O3. The molecule has 0 saturated heterocycles. The Bertz CT molecular complexity index is 848. The molecule has 4 rings (SSSR count). The van der Waals surface area contributed by atoms with Gasteiger partial charge in [0, 0.05) is 0 Å². The Labute approximate surface area is 144 Å². The minimum Gasteiger partial charge on any atom is -0.485 e. The van der Waals surface area contributed by atoms with Crippen molar-refractivity contribution in [3.05, 3.63) is 77.2 Å². The molecule has 25 heavy (non-hydrogen) atoms. The van der Waals surface area contributed by atoms with Crippen molar-refractivity contribution in [2.24, 2.45) is 0 Å². The maximum atomic E-state index is 12.9. The van der Waals surface area contributed by atoms with E-state index < -0.39 is 0 Å². The number of hydrogen-bond donors (Lipinski definition) is 0. The van der Waals surface area contributed by atoms with Gasteiger partial charge in [0.05, 0.1) is 19.1 Å². The van der Waals surface area contributed by atoms with Crippen LogP contribution >= 0.6 is 0 Å². The summed E-state index contributed by atoms with van der Waals surface area (Å²) in [5.41, 5.74) is 2.48. The van der Waals surface area contributed by atoms with Crippen molar-refractivity contribution in [3.8, 4) is 5.75 Å². The van der Waals surface area contributed by atoms with E-state index in [4.69, 9.17) is 14.0 Å². The fraction of sp³-hybridized carbons (Fsp3) is 0.263. The summed E-state index contributed by atoms with van der Waals surface area (Å²) in [6.45, 7) is 0.855. The number of hydrogen-bond acceptors (Lipinski definition) is 5. The molecule has 0 fully saturated rings. The Kier molecular flexibility index (Phi) is 4.43. The summed E-state index contributed by atoms with van der Waals surface area (Å²) in [4.78, 5) is 4.35. The van der Waals surface area contributed by atoms with E-state index in [1.54, 1.807) is 12.1 Å². The fourth-order valence-corrected chi connectivity index (χ4v) is 2.91. The van der Waals surface area contributed by atoms with Crippen molar-refractivity contribution in [2.45, 2.75) is 25.6 Å². The molecule has 1 unspecified atom stereocenters. The second-order valence-corrected chi connectivity index (χ2v) is 5.86. The van der Waals surface area contributed by atoms with E-state index in [1.807, 2.05) is 12.1 Å². The third kappa shape index (κ3) is 3.69. The summed E-state index contributed by atoms with van der Waals surface area (Å²) in [5.74, 6) is 1.21. The van der Waals surface area contributed by atoms with Gasteiger partial charge in [0.25, 0.3) is 0 Å². The Hall–Kier alpha value is -2.73.